The number of amides is 1. The Balaban J connectivity index is 0.00000195. The van der Waals surface area contributed by atoms with E-state index in [0.29, 0.717) is 29.0 Å². The van der Waals surface area contributed by atoms with Gasteiger partial charge in [0, 0.05) is 29.0 Å². The summed E-state index contributed by atoms with van der Waals surface area (Å²) in [6, 6.07) is 24.8. The van der Waals surface area contributed by atoms with Gasteiger partial charge in [-0.25, -0.2) is 4.39 Å². The van der Waals surface area contributed by atoms with Crippen LogP contribution in [0.2, 0.25) is 0 Å². The molecule has 38 heavy (non-hydrogen) atoms. The third kappa shape index (κ3) is 7.49. The standard InChI is InChI=1S/C29H26FN3O3.C2H6/c1-2-36-28(34)17-26(31)25-14-11-23(30)16-27(25)32-18-19-7-12-24(13-8-19)33-29(35)22-10-9-20-5-3-4-6-21(20)15-22;1-2/h3-16,31-32H,2,17-18H2,1H3,(H,33,35);1-2H3. The summed E-state index contributed by atoms with van der Waals surface area (Å²) in [7, 11) is 0. The summed E-state index contributed by atoms with van der Waals surface area (Å²) in [6.45, 7) is 6.30. The number of carbonyl (C=O) groups is 2. The average Bonchev–Trinajstić information content (AvgIpc) is 2.93. The van der Waals surface area contributed by atoms with Crippen molar-refractivity contribution < 1.29 is 18.7 Å². The van der Waals surface area contributed by atoms with Crippen LogP contribution in [0, 0.1) is 11.2 Å². The Morgan fingerprint density at radius 2 is 1.61 bits per heavy atom. The third-order valence-corrected chi connectivity index (χ3v) is 5.64. The van der Waals surface area contributed by atoms with E-state index in [1.807, 2.05) is 62.4 Å². The van der Waals surface area contributed by atoms with Crippen molar-refractivity contribution in [3.63, 3.8) is 0 Å². The number of rotatable bonds is 9. The van der Waals surface area contributed by atoms with E-state index in [-0.39, 0.29) is 24.6 Å². The predicted molar refractivity (Wildman–Crippen MR) is 151 cm³/mol. The Hall–Kier alpha value is -4.52. The van der Waals surface area contributed by atoms with E-state index in [0.717, 1.165) is 16.3 Å². The molecule has 7 heteroatoms. The number of fused-ring (bicyclic) bond motifs is 1. The van der Waals surface area contributed by atoms with E-state index < -0.39 is 11.8 Å². The fourth-order valence-corrected chi connectivity index (χ4v) is 3.81. The molecule has 0 atom stereocenters. The Labute approximate surface area is 222 Å². The van der Waals surface area contributed by atoms with E-state index in [2.05, 4.69) is 10.6 Å². The minimum absolute atomic E-state index is 0.0442. The number of anilines is 2. The Morgan fingerprint density at radius 1 is 0.895 bits per heavy atom. The van der Waals surface area contributed by atoms with Crippen LogP contribution in [-0.4, -0.2) is 24.2 Å². The topological polar surface area (TPSA) is 91.3 Å². The number of hydrogen-bond acceptors (Lipinski definition) is 5. The fourth-order valence-electron chi connectivity index (χ4n) is 3.81. The number of halogens is 1. The van der Waals surface area contributed by atoms with Gasteiger partial charge in [0.2, 0.25) is 0 Å². The van der Waals surface area contributed by atoms with Crippen molar-refractivity contribution >= 4 is 39.7 Å². The molecule has 0 aromatic heterocycles. The van der Waals surface area contributed by atoms with Gasteiger partial charge in [-0.15, -0.1) is 0 Å². The zero-order valence-electron chi connectivity index (χ0n) is 21.8. The molecule has 0 aliphatic rings. The summed E-state index contributed by atoms with van der Waals surface area (Å²) < 4.78 is 18.8. The molecule has 3 N–H and O–H groups in total. The maximum atomic E-state index is 13.9. The molecule has 0 fully saturated rings. The molecule has 196 valence electrons. The zero-order valence-corrected chi connectivity index (χ0v) is 21.8. The van der Waals surface area contributed by atoms with Crippen molar-refractivity contribution in [3.8, 4) is 0 Å². The van der Waals surface area contributed by atoms with Crippen LogP contribution in [0.25, 0.3) is 10.8 Å². The molecule has 4 rings (SSSR count). The number of nitrogens with one attached hydrogen (secondary N) is 3. The molecule has 0 aliphatic heterocycles. The molecule has 0 saturated heterocycles. The summed E-state index contributed by atoms with van der Waals surface area (Å²) in [5.41, 5.74) is 3.01. The summed E-state index contributed by atoms with van der Waals surface area (Å²) in [6.07, 6.45) is -0.195. The third-order valence-electron chi connectivity index (χ3n) is 5.64. The molecule has 1 amide bonds. The molecule has 0 unspecified atom stereocenters. The van der Waals surface area contributed by atoms with Gasteiger partial charge in [-0.05, 0) is 65.7 Å². The van der Waals surface area contributed by atoms with Gasteiger partial charge in [-0.1, -0.05) is 56.3 Å². The molecule has 0 spiro atoms. The average molecular weight is 514 g/mol. The van der Waals surface area contributed by atoms with Gasteiger partial charge in [0.15, 0.2) is 0 Å². The molecule has 4 aromatic rings. The molecule has 0 radical (unpaired) electrons. The molecule has 0 heterocycles. The molecule has 0 bridgehead atoms. The molecule has 6 nitrogen and oxygen atoms in total. The molecular weight excluding hydrogens is 481 g/mol. The lowest BCUT2D eigenvalue weighted by Gasteiger charge is -2.14. The maximum Gasteiger partial charge on any atom is 0.311 e. The zero-order chi connectivity index (χ0) is 27.5. The number of ether oxygens (including phenoxy) is 1. The van der Waals surface area contributed by atoms with Crippen LogP contribution in [0.4, 0.5) is 15.8 Å². The number of hydrogen-bond donors (Lipinski definition) is 3. The first-order chi connectivity index (χ1) is 18.4. The van der Waals surface area contributed by atoms with E-state index in [1.54, 1.807) is 25.1 Å². The van der Waals surface area contributed by atoms with Crippen LogP contribution in [0.3, 0.4) is 0 Å². The molecule has 4 aromatic carbocycles. The van der Waals surface area contributed by atoms with Crippen LogP contribution < -0.4 is 10.6 Å². The minimum Gasteiger partial charge on any atom is -0.466 e. The van der Waals surface area contributed by atoms with Crippen molar-refractivity contribution in [3.05, 3.63) is 107 Å². The lowest BCUT2D eigenvalue weighted by atomic mass is 10.0. The second-order valence-corrected chi connectivity index (χ2v) is 8.22. The number of carbonyl (C=O) groups excluding carboxylic acids is 2. The van der Waals surface area contributed by atoms with Gasteiger partial charge in [-0.2, -0.15) is 0 Å². The lowest BCUT2D eigenvalue weighted by Crippen LogP contribution is -2.14. The first-order valence-corrected chi connectivity index (χ1v) is 12.6. The van der Waals surface area contributed by atoms with E-state index in [9.17, 15) is 14.0 Å². The molecular formula is C31H32FN3O3. The van der Waals surface area contributed by atoms with Crippen LogP contribution in [0.15, 0.2) is 84.9 Å². The van der Waals surface area contributed by atoms with Gasteiger partial charge in [-0.3, -0.25) is 9.59 Å². The monoisotopic (exact) mass is 513 g/mol. The summed E-state index contributed by atoms with van der Waals surface area (Å²) in [5.74, 6) is -1.15. The van der Waals surface area contributed by atoms with E-state index in [4.69, 9.17) is 10.1 Å². The largest absolute Gasteiger partial charge is 0.466 e. The first-order valence-electron chi connectivity index (χ1n) is 12.6. The second-order valence-electron chi connectivity index (χ2n) is 8.22. The quantitative estimate of drug-likeness (QED) is 0.163. The molecule has 0 saturated carbocycles. The van der Waals surface area contributed by atoms with E-state index in [1.165, 1.54) is 18.2 Å². The van der Waals surface area contributed by atoms with E-state index >= 15 is 0 Å². The van der Waals surface area contributed by atoms with Crippen LogP contribution in [0.1, 0.15) is 48.7 Å². The van der Waals surface area contributed by atoms with Gasteiger partial charge >= 0.3 is 5.97 Å². The highest BCUT2D eigenvalue weighted by atomic mass is 19.1. The highest BCUT2D eigenvalue weighted by Crippen LogP contribution is 2.21. The predicted octanol–water partition coefficient (Wildman–Crippen LogP) is 7.19. The summed E-state index contributed by atoms with van der Waals surface area (Å²) >= 11 is 0. The Bertz CT molecular complexity index is 1420. The SMILES string of the molecule is CC.CCOC(=O)CC(=N)c1ccc(F)cc1NCc1ccc(NC(=O)c2ccc3ccccc3c2)cc1. The summed E-state index contributed by atoms with van der Waals surface area (Å²) in [4.78, 5) is 24.4. The van der Waals surface area contributed by atoms with Crippen LogP contribution in [-0.2, 0) is 16.1 Å². The number of benzene rings is 4. The van der Waals surface area contributed by atoms with Crippen molar-refractivity contribution in [2.75, 3.05) is 17.2 Å². The normalized spacial score (nSPS) is 10.2. The van der Waals surface area contributed by atoms with Gasteiger partial charge in [0.1, 0.15) is 5.82 Å². The Morgan fingerprint density at radius 3 is 2.32 bits per heavy atom. The van der Waals surface area contributed by atoms with Crippen molar-refractivity contribution in [2.45, 2.75) is 33.7 Å². The lowest BCUT2D eigenvalue weighted by molar-refractivity contribution is -0.141. The smallest absolute Gasteiger partial charge is 0.311 e. The van der Waals surface area contributed by atoms with Gasteiger partial charge in [0.05, 0.1) is 18.7 Å². The van der Waals surface area contributed by atoms with Crippen LogP contribution in [0.5, 0.6) is 0 Å². The highest BCUT2D eigenvalue weighted by Gasteiger charge is 2.14. The highest BCUT2D eigenvalue weighted by molar-refractivity contribution is 6.10. The van der Waals surface area contributed by atoms with Crippen LogP contribution >= 0.6 is 0 Å². The first kappa shape index (κ1) is 28.1. The van der Waals surface area contributed by atoms with Crippen molar-refractivity contribution in [1.82, 2.24) is 0 Å². The minimum atomic E-state index is -0.501. The Kier molecular flexibility index (Phi) is 10.1. The van der Waals surface area contributed by atoms with Crippen molar-refractivity contribution in [1.29, 1.82) is 5.41 Å². The number of esters is 1. The molecule has 0 aliphatic carbocycles. The maximum absolute atomic E-state index is 13.9. The van der Waals surface area contributed by atoms with Gasteiger partial charge < -0.3 is 20.8 Å². The second kappa shape index (κ2) is 13.7. The van der Waals surface area contributed by atoms with Crippen molar-refractivity contribution in [2.24, 2.45) is 0 Å². The summed E-state index contributed by atoms with van der Waals surface area (Å²) in [5, 5.41) is 16.4. The fraction of sp³-hybridized carbons (Fsp3) is 0.194. The van der Waals surface area contributed by atoms with Gasteiger partial charge in [0.25, 0.3) is 5.91 Å².